The Kier molecular flexibility index (Phi) is 9.12. The lowest BCUT2D eigenvalue weighted by molar-refractivity contribution is 0.193. The Morgan fingerprint density at radius 3 is 2.39 bits per heavy atom. The molecule has 1 unspecified atom stereocenters. The van der Waals surface area contributed by atoms with Crippen molar-refractivity contribution in [3.63, 3.8) is 0 Å². The zero-order valence-corrected chi connectivity index (χ0v) is 21.7. The van der Waals surface area contributed by atoms with Crippen molar-refractivity contribution in [2.75, 3.05) is 26.4 Å². The molecule has 192 valence electrons. The quantitative estimate of drug-likeness (QED) is 0.269. The zero-order valence-electron chi connectivity index (χ0n) is 21.7. The molecule has 5 heteroatoms. The van der Waals surface area contributed by atoms with Gasteiger partial charge in [0.25, 0.3) is 0 Å². The first-order valence-corrected chi connectivity index (χ1v) is 13.1. The van der Waals surface area contributed by atoms with Crippen molar-refractivity contribution < 1.29 is 24.1 Å². The summed E-state index contributed by atoms with van der Waals surface area (Å²) >= 11 is 0. The molecule has 0 radical (unpaired) electrons. The topological polar surface area (TPSA) is 57.2 Å². The van der Waals surface area contributed by atoms with Crippen LogP contribution in [0, 0.1) is 6.92 Å². The van der Waals surface area contributed by atoms with Crippen molar-refractivity contribution in [1.82, 2.24) is 0 Å². The van der Waals surface area contributed by atoms with Crippen molar-refractivity contribution in [1.29, 1.82) is 0 Å². The molecule has 0 aromatic heterocycles. The smallest absolute Gasteiger partial charge is 0.134 e. The summed E-state index contributed by atoms with van der Waals surface area (Å²) < 4.78 is 24.0. The van der Waals surface area contributed by atoms with Crippen molar-refractivity contribution in [2.24, 2.45) is 0 Å². The van der Waals surface area contributed by atoms with Crippen LogP contribution in [-0.2, 0) is 17.6 Å². The van der Waals surface area contributed by atoms with E-state index in [9.17, 15) is 5.11 Å². The highest BCUT2D eigenvalue weighted by Crippen LogP contribution is 2.37. The maximum Gasteiger partial charge on any atom is 0.134 e. The summed E-state index contributed by atoms with van der Waals surface area (Å²) in [5, 5.41) is 10.6. The van der Waals surface area contributed by atoms with Crippen molar-refractivity contribution in [2.45, 2.75) is 58.8 Å². The highest BCUT2D eigenvalue weighted by Gasteiger charge is 2.22. The number of phenols is 1. The summed E-state index contributed by atoms with van der Waals surface area (Å²) in [4.78, 5) is 0. The second-order valence-electron chi connectivity index (χ2n) is 9.33. The molecule has 0 amide bonds. The van der Waals surface area contributed by atoms with Crippen LogP contribution in [0.4, 0.5) is 0 Å². The van der Waals surface area contributed by atoms with E-state index in [4.69, 9.17) is 18.9 Å². The molecule has 1 aliphatic rings. The summed E-state index contributed by atoms with van der Waals surface area (Å²) in [6, 6.07) is 17.9. The van der Waals surface area contributed by atoms with E-state index >= 15 is 0 Å². The van der Waals surface area contributed by atoms with E-state index in [1.165, 1.54) is 0 Å². The summed E-state index contributed by atoms with van der Waals surface area (Å²) in [7, 11) is 0. The van der Waals surface area contributed by atoms with Crippen molar-refractivity contribution in [3.05, 3.63) is 76.9 Å². The summed E-state index contributed by atoms with van der Waals surface area (Å²) in [5.74, 6) is 3.87. The molecular formula is C31H38O5. The van der Waals surface area contributed by atoms with Crippen molar-refractivity contribution >= 4 is 0 Å². The van der Waals surface area contributed by atoms with Crippen LogP contribution in [0.2, 0.25) is 0 Å². The Morgan fingerprint density at radius 2 is 1.67 bits per heavy atom. The van der Waals surface area contributed by atoms with E-state index in [1.54, 1.807) is 6.07 Å². The Labute approximate surface area is 215 Å². The molecule has 0 saturated carbocycles. The molecule has 1 aliphatic heterocycles. The third-order valence-corrected chi connectivity index (χ3v) is 6.67. The number of para-hydroxylation sites is 1. The normalized spacial score (nSPS) is 15.1. The van der Waals surface area contributed by atoms with Gasteiger partial charge in [-0.2, -0.15) is 0 Å². The number of aryl methyl sites for hydroxylation is 2. The third-order valence-electron chi connectivity index (χ3n) is 6.67. The molecule has 1 fully saturated rings. The van der Waals surface area contributed by atoms with Gasteiger partial charge in [0.1, 0.15) is 28.7 Å². The van der Waals surface area contributed by atoms with Crippen LogP contribution in [0.3, 0.4) is 0 Å². The van der Waals surface area contributed by atoms with Crippen LogP contribution < -0.4 is 14.2 Å². The Hall–Kier alpha value is -3.18. The third kappa shape index (κ3) is 6.33. The Bertz CT molecular complexity index is 1130. The van der Waals surface area contributed by atoms with Gasteiger partial charge in [-0.1, -0.05) is 44.5 Å². The SMILES string of the molecule is CCCc1c(OCCCOc2cc(O)c(C3CCOC3)cc2CC)cccc1Oc1ccccc1C. The molecular weight excluding hydrogens is 452 g/mol. The fourth-order valence-electron chi connectivity index (χ4n) is 4.64. The fraction of sp³-hybridized carbons (Fsp3) is 0.419. The predicted molar refractivity (Wildman–Crippen MR) is 143 cm³/mol. The number of rotatable bonds is 12. The van der Waals surface area contributed by atoms with Gasteiger partial charge in [0.2, 0.25) is 0 Å². The van der Waals surface area contributed by atoms with Gasteiger partial charge in [-0.05, 0) is 67.1 Å². The molecule has 4 rings (SSSR count). The van der Waals surface area contributed by atoms with Crippen LogP contribution in [0.25, 0.3) is 0 Å². The van der Waals surface area contributed by atoms with Gasteiger partial charge in [-0.3, -0.25) is 0 Å². The standard InChI is InChI=1S/C31H38O5/c1-4-10-25-29(13-8-14-30(25)36-28-12-7-6-11-22(28)3)34-16-9-17-35-31-20-27(32)26(19-23(31)5-2)24-15-18-33-21-24/h6-8,11-14,19-20,24,32H,4-5,9-10,15-18,21H2,1-3H3. The molecule has 1 heterocycles. The lowest BCUT2D eigenvalue weighted by atomic mass is 9.94. The maximum absolute atomic E-state index is 10.6. The van der Waals surface area contributed by atoms with Gasteiger partial charge in [-0.25, -0.2) is 0 Å². The van der Waals surface area contributed by atoms with Crippen LogP contribution in [0.1, 0.15) is 61.3 Å². The minimum absolute atomic E-state index is 0.264. The van der Waals surface area contributed by atoms with Crippen LogP contribution in [0.5, 0.6) is 28.7 Å². The van der Waals surface area contributed by atoms with E-state index in [2.05, 4.69) is 32.9 Å². The Morgan fingerprint density at radius 1 is 0.917 bits per heavy atom. The number of ether oxygens (including phenoxy) is 4. The van der Waals surface area contributed by atoms with Gasteiger partial charge in [-0.15, -0.1) is 0 Å². The lowest BCUT2D eigenvalue weighted by Crippen LogP contribution is -2.08. The Balaban J connectivity index is 1.35. The number of hydrogen-bond donors (Lipinski definition) is 1. The van der Waals surface area contributed by atoms with Gasteiger partial charge in [0.05, 0.1) is 19.8 Å². The summed E-state index contributed by atoms with van der Waals surface area (Å²) in [5.41, 5.74) is 4.28. The number of phenolic OH excluding ortho intramolecular Hbond substituents is 1. The van der Waals surface area contributed by atoms with E-state index in [0.717, 1.165) is 84.0 Å². The van der Waals surface area contributed by atoms with E-state index in [1.807, 2.05) is 36.4 Å². The monoisotopic (exact) mass is 490 g/mol. The zero-order chi connectivity index (χ0) is 25.3. The second-order valence-corrected chi connectivity index (χ2v) is 9.33. The number of aromatic hydroxyl groups is 1. The minimum Gasteiger partial charge on any atom is -0.508 e. The van der Waals surface area contributed by atoms with Gasteiger partial charge in [0.15, 0.2) is 0 Å². The maximum atomic E-state index is 10.6. The first-order chi connectivity index (χ1) is 17.6. The first kappa shape index (κ1) is 25.9. The average molecular weight is 491 g/mol. The van der Waals surface area contributed by atoms with Crippen molar-refractivity contribution in [3.8, 4) is 28.7 Å². The summed E-state index contributed by atoms with van der Waals surface area (Å²) in [6.45, 7) is 8.80. The van der Waals surface area contributed by atoms with E-state index < -0.39 is 0 Å². The van der Waals surface area contributed by atoms with Gasteiger partial charge >= 0.3 is 0 Å². The van der Waals surface area contributed by atoms with Gasteiger partial charge in [0, 0.05) is 30.6 Å². The first-order valence-electron chi connectivity index (χ1n) is 13.1. The van der Waals surface area contributed by atoms with Crippen LogP contribution >= 0.6 is 0 Å². The van der Waals surface area contributed by atoms with Crippen LogP contribution in [0.15, 0.2) is 54.6 Å². The molecule has 36 heavy (non-hydrogen) atoms. The molecule has 1 N–H and O–H groups in total. The number of benzene rings is 3. The molecule has 0 aliphatic carbocycles. The van der Waals surface area contributed by atoms with Crippen LogP contribution in [-0.4, -0.2) is 31.5 Å². The van der Waals surface area contributed by atoms with E-state index in [0.29, 0.717) is 25.6 Å². The minimum atomic E-state index is 0.264. The molecule has 1 saturated heterocycles. The lowest BCUT2D eigenvalue weighted by Gasteiger charge is -2.18. The summed E-state index contributed by atoms with van der Waals surface area (Å²) in [6.07, 6.45) is 4.41. The molecule has 0 spiro atoms. The fourth-order valence-corrected chi connectivity index (χ4v) is 4.64. The highest BCUT2D eigenvalue weighted by atomic mass is 16.5. The average Bonchev–Trinajstić information content (AvgIpc) is 3.42. The molecule has 3 aromatic rings. The molecule has 1 atom stereocenters. The highest BCUT2D eigenvalue weighted by molar-refractivity contribution is 5.49. The largest absolute Gasteiger partial charge is 0.508 e. The number of hydrogen-bond acceptors (Lipinski definition) is 5. The molecule has 5 nitrogen and oxygen atoms in total. The molecule has 3 aromatic carbocycles. The second kappa shape index (κ2) is 12.7. The molecule has 0 bridgehead atoms. The van der Waals surface area contributed by atoms with E-state index in [-0.39, 0.29) is 5.92 Å². The van der Waals surface area contributed by atoms with Gasteiger partial charge < -0.3 is 24.1 Å². The predicted octanol–water partition coefficient (Wildman–Crippen LogP) is 7.36.